The normalized spacial score (nSPS) is 16.9. The zero-order valence-corrected chi connectivity index (χ0v) is 16.6. The number of aromatic nitrogens is 3. The lowest BCUT2D eigenvalue weighted by molar-refractivity contribution is 0.0930. The van der Waals surface area contributed by atoms with Gasteiger partial charge in [-0.3, -0.25) is 14.7 Å². The molecule has 0 fully saturated rings. The number of aromatic amines is 1. The molecular formula is C22H22N4O4. The van der Waals surface area contributed by atoms with Crippen LogP contribution in [-0.4, -0.2) is 33.5 Å². The first-order valence-electron chi connectivity index (χ1n) is 9.99. The third kappa shape index (κ3) is 3.34. The minimum atomic E-state index is -0.328. The van der Waals surface area contributed by atoms with Crippen molar-refractivity contribution in [2.45, 2.75) is 38.8 Å². The Bertz CT molecular complexity index is 1180. The van der Waals surface area contributed by atoms with Crippen LogP contribution >= 0.6 is 0 Å². The molecule has 2 aromatic heterocycles. The van der Waals surface area contributed by atoms with Crippen molar-refractivity contribution in [1.82, 2.24) is 20.1 Å². The molecule has 0 radical (unpaired) electrons. The van der Waals surface area contributed by atoms with Crippen molar-refractivity contribution in [3.63, 3.8) is 0 Å². The predicted octanol–water partition coefficient (Wildman–Crippen LogP) is 1.94. The first kappa shape index (κ1) is 18.5. The van der Waals surface area contributed by atoms with Crippen LogP contribution < -0.4 is 20.3 Å². The fourth-order valence-electron chi connectivity index (χ4n) is 4.09. The van der Waals surface area contributed by atoms with E-state index >= 15 is 0 Å². The van der Waals surface area contributed by atoms with Gasteiger partial charge in [0.2, 0.25) is 6.79 Å². The number of rotatable bonds is 4. The molecule has 0 bridgehead atoms. The Morgan fingerprint density at radius 1 is 1.30 bits per heavy atom. The van der Waals surface area contributed by atoms with Crippen LogP contribution in [0.25, 0.3) is 0 Å². The van der Waals surface area contributed by atoms with Crippen LogP contribution in [0.15, 0.2) is 41.5 Å². The molecule has 3 heterocycles. The molecule has 1 aliphatic heterocycles. The number of H-pyrrole nitrogens is 1. The molecule has 1 amide bonds. The number of ether oxygens (including phenoxy) is 2. The van der Waals surface area contributed by atoms with Crippen LogP contribution in [0.5, 0.6) is 11.5 Å². The monoisotopic (exact) mass is 406 g/mol. The van der Waals surface area contributed by atoms with Crippen LogP contribution in [0.4, 0.5) is 0 Å². The van der Waals surface area contributed by atoms with Gasteiger partial charge in [-0.15, -0.1) is 0 Å². The van der Waals surface area contributed by atoms with Crippen LogP contribution in [0.2, 0.25) is 0 Å². The fraction of sp³-hybridized carbons (Fsp3) is 0.318. The van der Waals surface area contributed by atoms with Gasteiger partial charge >= 0.3 is 0 Å². The minimum Gasteiger partial charge on any atom is -0.454 e. The highest BCUT2D eigenvalue weighted by Crippen LogP contribution is 2.32. The first-order chi connectivity index (χ1) is 14.6. The molecule has 8 heteroatoms. The summed E-state index contributed by atoms with van der Waals surface area (Å²) in [6.45, 7) is 2.33. The molecule has 2 aliphatic rings. The Kier molecular flexibility index (Phi) is 4.54. The van der Waals surface area contributed by atoms with E-state index in [4.69, 9.17) is 9.47 Å². The van der Waals surface area contributed by atoms with Gasteiger partial charge in [-0.1, -0.05) is 6.07 Å². The number of nitrogens with one attached hydrogen (secondary N) is 2. The number of carbonyl (C=O) groups excluding carboxylic acids is 1. The van der Waals surface area contributed by atoms with Crippen molar-refractivity contribution in [2.24, 2.45) is 0 Å². The first-order valence-corrected chi connectivity index (χ1v) is 9.99. The van der Waals surface area contributed by atoms with E-state index in [1.807, 2.05) is 24.4 Å². The zero-order chi connectivity index (χ0) is 20.7. The highest BCUT2D eigenvalue weighted by atomic mass is 16.7. The topological polar surface area (TPSA) is 98.2 Å². The summed E-state index contributed by atoms with van der Waals surface area (Å²) < 4.78 is 12.3. The average Bonchev–Trinajstić information content (AvgIpc) is 3.38. The summed E-state index contributed by atoms with van der Waals surface area (Å²) in [7, 11) is 0. The Morgan fingerprint density at radius 2 is 2.17 bits per heavy atom. The number of hydrogen-bond donors (Lipinski definition) is 2. The van der Waals surface area contributed by atoms with Crippen molar-refractivity contribution in [3.05, 3.63) is 75.0 Å². The standard InChI is InChI=1S/C22H22N4O4/c1-13-6-7-26(11-14-2-5-18-19(8-14)30-12-29-18)22(28)20(13)21(27)24-16-4-3-15-10-23-25-17(15)9-16/h2,5-8,10,16H,3-4,9,11-12H2,1H3,(H,23,25)(H,24,27). The molecular weight excluding hydrogens is 384 g/mol. The van der Waals surface area contributed by atoms with Crippen molar-refractivity contribution in [3.8, 4) is 11.5 Å². The quantitative estimate of drug-likeness (QED) is 0.690. The van der Waals surface area contributed by atoms with Gasteiger partial charge in [-0.25, -0.2) is 0 Å². The predicted molar refractivity (Wildman–Crippen MR) is 109 cm³/mol. The lowest BCUT2D eigenvalue weighted by Gasteiger charge is -2.23. The second-order valence-corrected chi connectivity index (χ2v) is 7.78. The summed E-state index contributed by atoms with van der Waals surface area (Å²) in [6.07, 6.45) is 5.94. The Morgan fingerprint density at radius 3 is 3.07 bits per heavy atom. The number of carbonyl (C=O) groups is 1. The van der Waals surface area contributed by atoms with Gasteiger partial charge in [-0.05, 0) is 54.7 Å². The Hall–Kier alpha value is -3.55. The summed E-state index contributed by atoms with van der Waals surface area (Å²) in [5.74, 6) is 1.04. The molecule has 1 atom stereocenters. The number of aryl methyl sites for hydroxylation is 2. The number of amides is 1. The molecule has 3 aromatic rings. The van der Waals surface area contributed by atoms with Gasteiger partial charge in [-0.2, -0.15) is 5.10 Å². The number of fused-ring (bicyclic) bond motifs is 2. The van der Waals surface area contributed by atoms with Gasteiger partial charge in [0.1, 0.15) is 5.56 Å². The van der Waals surface area contributed by atoms with Gasteiger partial charge < -0.3 is 19.4 Å². The molecule has 2 N–H and O–H groups in total. The third-order valence-corrected chi connectivity index (χ3v) is 5.75. The second kappa shape index (κ2) is 7.37. The summed E-state index contributed by atoms with van der Waals surface area (Å²) >= 11 is 0. The molecule has 5 rings (SSSR count). The van der Waals surface area contributed by atoms with E-state index in [9.17, 15) is 9.59 Å². The van der Waals surface area contributed by atoms with E-state index in [0.717, 1.165) is 24.1 Å². The van der Waals surface area contributed by atoms with Crippen LogP contribution in [-0.2, 0) is 19.4 Å². The summed E-state index contributed by atoms with van der Waals surface area (Å²) in [6, 6.07) is 7.36. The lowest BCUT2D eigenvalue weighted by atomic mass is 9.93. The lowest BCUT2D eigenvalue weighted by Crippen LogP contribution is -2.42. The van der Waals surface area contributed by atoms with Crippen LogP contribution in [0, 0.1) is 6.92 Å². The summed E-state index contributed by atoms with van der Waals surface area (Å²) in [5, 5.41) is 10.1. The summed E-state index contributed by atoms with van der Waals surface area (Å²) in [4.78, 5) is 26.1. The van der Waals surface area contributed by atoms with E-state index in [-0.39, 0.29) is 29.9 Å². The van der Waals surface area contributed by atoms with Gasteiger partial charge in [0.15, 0.2) is 11.5 Å². The highest BCUT2D eigenvalue weighted by Gasteiger charge is 2.24. The average molecular weight is 406 g/mol. The van der Waals surface area contributed by atoms with Gasteiger partial charge in [0.05, 0.1) is 12.7 Å². The minimum absolute atomic E-state index is 0.0215. The smallest absolute Gasteiger partial charge is 0.263 e. The molecule has 0 saturated heterocycles. The highest BCUT2D eigenvalue weighted by molar-refractivity contribution is 5.95. The zero-order valence-electron chi connectivity index (χ0n) is 16.6. The third-order valence-electron chi connectivity index (χ3n) is 5.75. The molecule has 8 nitrogen and oxygen atoms in total. The van der Waals surface area contributed by atoms with Gasteiger partial charge in [0, 0.05) is 24.4 Å². The van der Waals surface area contributed by atoms with E-state index in [1.165, 1.54) is 5.56 Å². The van der Waals surface area contributed by atoms with E-state index in [0.29, 0.717) is 30.0 Å². The molecule has 0 saturated carbocycles. The number of pyridine rings is 1. The van der Waals surface area contributed by atoms with Crippen molar-refractivity contribution in [2.75, 3.05) is 6.79 Å². The fourth-order valence-corrected chi connectivity index (χ4v) is 4.09. The van der Waals surface area contributed by atoms with E-state index < -0.39 is 0 Å². The molecule has 30 heavy (non-hydrogen) atoms. The maximum atomic E-state index is 13.1. The molecule has 1 unspecified atom stereocenters. The molecule has 1 aromatic carbocycles. The Labute approximate surface area is 172 Å². The number of hydrogen-bond acceptors (Lipinski definition) is 5. The van der Waals surface area contributed by atoms with Crippen molar-refractivity contribution in [1.29, 1.82) is 0 Å². The maximum Gasteiger partial charge on any atom is 0.263 e. The second-order valence-electron chi connectivity index (χ2n) is 7.78. The van der Waals surface area contributed by atoms with Gasteiger partial charge in [0.25, 0.3) is 11.5 Å². The maximum absolute atomic E-state index is 13.1. The van der Waals surface area contributed by atoms with Crippen LogP contribution in [0.1, 0.15) is 39.2 Å². The largest absolute Gasteiger partial charge is 0.454 e. The SMILES string of the molecule is Cc1ccn(Cc2ccc3c(c2)OCO3)c(=O)c1C(=O)NC1CCc2cn[nH]c2C1. The van der Waals surface area contributed by atoms with Crippen molar-refractivity contribution >= 4 is 5.91 Å². The Balaban J connectivity index is 1.36. The number of nitrogens with zero attached hydrogens (tertiary/aromatic N) is 2. The summed E-state index contributed by atoms with van der Waals surface area (Å²) in [5.41, 5.74) is 3.70. The van der Waals surface area contributed by atoms with Crippen molar-refractivity contribution < 1.29 is 14.3 Å². The number of benzene rings is 1. The van der Waals surface area contributed by atoms with E-state index in [1.54, 1.807) is 23.8 Å². The molecule has 0 spiro atoms. The molecule has 1 aliphatic carbocycles. The van der Waals surface area contributed by atoms with E-state index in [2.05, 4.69) is 15.5 Å². The molecule has 154 valence electrons. The van der Waals surface area contributed by atoms with Crippen LogP contribution in [0.3, 0.4) is 0 Å².